The zero-order valence-electron chi connectivity index (χ0n) is 11.9. The number of aromatic nitrogens is 2. The molecule has 3 rings (SSSR count). The van der Waals surface area contributed by atoms with E-state index in [9.17, 15) is 14.4 Å². The van der Waals surface area contributed by atoms with Crippen LogP contribution in [0.1, 0.15) is 37.4 Å². The van der Waals surface area contributed by atoms with Crippen molar-refractivity contribution in [1.29, 1.82) is 0 Å². The molecule has 2 saturated heterocycles. The minimum Gasteiger partial charge on any atom is -0.343 e. The average molecular weight is 307 g/mol. The Bertz CT molecular complexity index is 565. The molecule has 3 heterocycles. The van der Waals surface area contributed by atoms with Gasteiger partial charge in [0.25, 0.3) is 0 Å². The van der Waals surface area contributed by atoms with Crippen LogP contribution in [0.5, 0.6) is 0 Å². The maximum Gasteiger partial charge on any atom is 0.322 e. The molecule has 118 valence electrons. The number of nitrogens with zero attached hydrogens (tertiary/aromatic N) is 3. The second kappa shape index (κ2) is 6.12. The molecule has 0 radical (unpaired) electrons. The van der Waals surface area contributed by atoms with Crippen LogP contribution in [0, 0.1) is 0 Å². The van der Waals surface area contributed by atoms with Crippen LogP contribution in [0.3, 0.4) is 0 Å². The molecule has 1 atom stereocenters. The van der Waals surface area contributed by atoms with Gasteiger partial charge in [-0.15, -0.1) is 0 Å². The molecule has 4 amide bonds. The summed E-state index contributed by atoms with van der Waals surface area (Å²) in [5.74, 6) is 0.361. The third-order valence-corrected chi connectivity index (χ3v) is 4.07. The normalized spacial score (nSPS) is 23.6. The summed E-state index contributed by atoms with van der Waals surface area (Å²) in [6.07, 6.45) is 3.29. The van der Waals surface area contributed by atoms with E-state index in [4.69, 9.17) is 4.52 Å². The molecule has 1 aromatic heterocycles. The average Bonchev–Trinajstić information content (AvgIpc) is 2.99. The molecule has 2 fully saturated rings. The van der Waals surface area contributed by atoms with E-state index < -0.39 is 12.1 Å². The second-order valence-corrected chi connectivity index (χ2v) is 5.50. The van der Waals surface area contributed by atoms with E-state index in [0.29, 0.717) is 25.3 Å². The molecule has 9 nitrogen and oxygen atoms in total. The zero-order valence-corrected chi connectivity index (χ0v) is 11.9. The van der Waals surface area contributed by atoms with Gasteiger partial charge in [0.2, 0.25) is 18.2 Å². The molecule has 0 unspecified atom stereocenters. The van der Waals surface area contributed by atoms with Gasteiger partial charge in [-0.05, 0) is 19.3 Å². The lowest BCUT2D eigenvalue weighted by molar-refractivity contribution is -0.134. The van der Waals surface area contributed by atoms with Gasteiger partial charge in [-0.3, -0.25) is 14.9 Å². The van der Waals surface area contributed by atoms with Gasteiger partial charge in [0.05, 0.1) is 0 Å². The van der Waals surface area contributed by atoms with Crippen LogP contribution in [0.2, 0.25) is 0 Å². The number of carbonyl (C=O) groups excluding carboxylic acids is 3. The first kappa shape index (κ1) is 14.5. The molecule has 2 aliphatic rings. The molecule has 2 aliphatic heterocycles. The van der Waals surface area contributed by atoms with E-state index in [1.54, 1.807) is 4.90 Å². The monoisotopic (exact) mass is 307 g/mol. The first-order chi connectivity index (χ1) is 10.6. The van der Waals surface area contributed by atoms with E-state index >= 15 is 0 Å². The van der Waals surface area contributed by atoms with Crippen molar-refractivity contribution < 1.29 is 18.9 Å². The summed E-state index contributed by atoms with van der Waals surface area (Å²) in [5.41, 5.74) is 0. The fraction of sp³-hybridized carbons (Fsp3) is 0.615. The number of imide groups is 1. The van der Waals surface area contributed by atoms with Crippen molar-refractivity contribution in [2.75, 3.05) is 13.1 Å². The SMILES string of the molecule is O=C1CC[C@@H](C(=O)N2CCC(c3ncon3)CC2)NC(=O)N1. The number of nitrogens with one attached hydrogen (secondary N) is 2. The maximum absolute atomic E-state index is 12.5. The summed E-state index contributed by atoms with van der Waals surface area (Å²) in [5, 5.41) is 8.55. The fourth-order valence-electron chi connectivity index (χ4n) is 2.85. The summed E-state index contributed by atoms with van der Waals surface area (Å²) in [7, 11) is 0. The van der Waals surface area contributed by atoms with Gasteiger partial charge in [0.15, 0.2) is 5.82 Å². The van der Waals surface area contributed by atoms with Gasteiger partial charge in [-0.25, -0.2) is 4.79 Å². The smallest absolute Gasteiger partial charge is 0.322 e. The number of hydrogen-bond donors (Lipinski definition) is 2. The molecule has 0 spiro atoms. The highest BCUT2D eigenvalue weighted by Gasteiger charge is 2.32. The van der Waals surface area contributed by atoms with Crippen molar-refractivity contribution in [3.63, 3.8) is 0 Å². The Labute approximate surface area is 126 Å². The van der Waals surface area contributed by atoms with Crippen molar-refractivity contribution in [2.45, 2.75) is 37.6 Å². The summed E-state index contributed by atoms with van der Waals surface area (Å²) in [4.78, 5) is 41.0. The molecule has 0 aromatic carbocycles. The molecular weight excluding hydrogens is 290 g/mol. The first-order valence-electron chi connectivity index (χ1n) is 7.29. The Hall–Kier alpha value is -2.45. The lowest BCUT2D eigenvalue weighted by Crippen LogP contribution is -2.51. The number of likely N-dealkylation sites (tertiary alicyclic amines) is 1. The Morgan fingerprint density at radius 2 is 2.05 bits per heavy atom. The minimum atomic E-state index is -0.645. The van der Waals surface area contributed by atoms with Crippen LogP contribution in [0.4, 0.5) is 4.79 Å². The van der Waals surface area contributed by atoms with Crippen molar-refractivity contribution in [1.82, 2.24) is 25.7 Å². The summed E-state index contributed by atoms with van der Waals surface area (Å²) < 4.78 is 4.74. The largest absolute Gasteiger partial charge is 0.343 e. The lowest BCUT2D eigenvalue weighted by Gasteiger charge is -2.33. The van der Waals surface area contributed by atoms with Crippen molar-refractivity contribution >= 4 is 17.8 Å². The lowest BCUT2D eigenvalue weighted by atomic mass is 9.95. The maximum atomic E-state index is 12.5. The molecular formula is C13H17N5O4. The third-order valence-electron chi connectivity index (χ3n) is 4.07. The van der Waals surface area contributed by atoms with Crippen molar-refractivity contribution in [3.05, 3.63) is 12.2 Å². The highest BCUT2D eigenvalue weighted by atomic mass is 16.5. The zero-order chi connectivity index (χ0) is 15.5. The van der Waals surface area contributed by atoms with Gasteiger partial charge in [0.1, 0.15) is 6.04 Å². The standard InChI is InChI=1S/C13H17N5O4/c19-10-2-1-9(15-13(21)16-10)12(20)18-5-3-8(4-6-18)11-14-7-22-17-11/h7-9H,1-6H2,(H2,15,16,19,21)/t9-/m0/s1. The molecule has 0 bridgehead atoms. The van der Waals surface area contributed by atoms with E-state index in [2.05, 4.69) is 20.8 Å². The summed E-state index contributed by atoms with van der Waals surface area (Å²) >= 11 is 0. The van der Waals surface area contributed by atoms with E-state index in [1.807, 2.05) is 0 Å². The highest BCUT2D eigenvalue weighted by molar-refractivity contribution is 5.98. The molecule has 22 heavy (non-hydrogen) atoms. The molecule has 9 heteroatoms. The Balaban J connectivity index is 1.57. The predicted octanol–water partition coefficient (Wildman–Crippen LogP) is -0.236. The quantitative estimate of drug-likeness (QED) is 0.779. The van der Waals surface area contributed by atoms with Gasteiger partial charge >= 0.3 is 6.03 Å². The predicted molar refractivity (Wildman–Crippen MR) is 72.5 cm³/mol. The number of amides is 4. The number of rotatable bonds is 2. The number of piperidine rings is 1. The van der Waals surface area contributed by atoms with E-state index in [-0.39, 0.29) is 24.2 Å². The van der Waals surface area contributed by atoms with Gasteiger partial charge in [-0.1, -0.05) is 5.16 Å². The van der Waals surface area contributed by atoms with E-state index in [1.165, 1.54) is 6.39 Å². The number of urea groups is 1. The molecule has 2 N–H and O–H groups in total. The second-order valence-electron chi connectivity index (χ2n) is 5.50. The fourth-order valence-corrected chi connectivity index (χ4v) is 2.85. The molecule has 1 aromatic rings. The van der Waals surface area contributed by atoms with Gasteiger partial charge < -0.3 is 14.7 Å². The number of hydrogen-bond acceptors (Lipinski definition) is 6. The summed E-state index contributed by atoms with van der Waals surface area (Å²) in [6.45, 7) is 1.15. The van der Waals surface area contributed by atoms with Crippen LogP contribution in [-0.4, -0.2) is 52.0 Å². The van der Waals surface area contributed by atoms with Crippen LogP contribution in [0.15, 0.2) is 10.9 Å². The van der Waals surface area contributed by atoms with Gasteiger partial charge in [0, 0.05) is 25.4 Å². The minimum absolute atomic E-state index is 0.142. The van der Waals surface area contributed by atoms with Crippen LogP contribution in [0.25, 0.3) is 0 Å². The van der Waals surface area contributed by atoms with Gasteiger partial charge in [-0.2, -0.15) is 4.98 Å². The summed E-state index contributed by atoms with van der Waals surface area (Å²) in [6, 6.07) is -1.25. The topological polar surface area (TPSA) is 117 Å². The number of carbonyl (C=O) groups is 3. The van der Waals surface area contributed by atoms with Crippen LogP contribution < -0.4 is 10.6 Å². The Morgan fingerprint density at radius 3 is 2.73 bits per heavy atom. The third kappa shape index (κ3) is 3.07. The molecule has 0 saturated carbocycles. The van der Waals surface area contributed by atoms with Crippen LogP contribution in [-0.2, 0) is 9.59 Å². The Morgan fingerprint density at radius 1 is 1.27 bits per heavy atom. The Kier molecular flexibility index (Phi) is 4.03. The van der Waals surface area contributed by atoms with E-state index in [0.717, 1.165) is 12.8 Å². The van der Waals surface area contributed by atoms with Crippen LogP contribution >= 0.6 is 0 Å². The van der Waals surface area contributed by atoms with Crippen molar-refractivity contribution in [2.24, 2.45) is 0 Å². The first-order valence-corrected chi connectivity index (χ1v) is 7.29. The highest BCUT2D eigenvalue weighted by Crippen LogP contribution is 2.25. The molecule has 0 aliphatic carbocycles. The van der Waals surface area contributed by atoms with Crippen molar-refractivity contribution in [3.8, 4) is 0 Å².